The Labute approximate surface area is 206 Å². The van der Waals surface area contributed by atoms with Crippen LogP contribution in [0.25, 0.3) is 0 Å². The number of aromatic nitrogens is 2. The first-order valence-corrected chi connectivity index (χ1v) is 12.5. The van der Waals surface area contributed by atoms with Crippen molar-refractivity contribution < 1.29 is 9.59 Å². The van der Waals surface area contributed by atoms with Gasteiger partial charge in [0, 0.05) is 52.4 Å². The molecular weight excluding hydrogens is 438 g/mol. The highest BCUT2D eigenvalue weighted by molar-refractivity contribution is 5.92. The van der Waals surface area contributed by atoms with Crippen molar-refractivity contribution in [2.45, 2.75) is 38.9 Å². The van der Waals surface area contributed by atoms with Crippen molar-refractivity contribution in [3.63, 3.8) is 0 Å². The number of rotatable bonds is 6. The molecule has 7 nitrogen and oxygen atoms in total. The highest BCUT2D eigenvalue weighted by Crippen LogP contribution is 2.33. The summed E-state index contributed by atoms with van der Waals surface area (Å²) in [6.45, 7) is 6.49. The van der Waals surface area contributed by atoms with E-state index in [1.54, 1.807) is 6.92 Å². The van der Waals surface area contributed by atoms with Crippen LogP contribution in [0.3, 0.4) is 0 Å². The van der Waals surface area contributed by atoms with Crippen molar-refractivity contribution in [1.82, 2.24) is 24.7 Å². The lowest BCUT2D eigenvalue weighted by molar-refractivity contribution is -0.130. The topological polar surface area (TPSA) is 70.5 Å². The smallest absolute Gasteiger partial charge is 0.271 e. The van der Waals surface area contributed by atoms with Crippen LogP contribution in [0, 0.1) is 5.92 Å². The third-order valence-electron chi connectivity index (χ3n) is 7.24. The van der Waals surface area contributed by atoms with Crippen molar-refractivity contribution >= 4 is 11.8 Å². The standard InChI is InChI=1S/C28H33N5O2/c1-21(34)31-14-12-23(13-15-31)19-32-16-17-33-20-25(28(35)29-18-22-8-4-2-5-9-22)30-27(33)26(32)24-10-6-3-7-11-24/h2-11,20,23,26H,12-19H2,1H3,(H,29,35). The number of benzene rings is 2. The molecule has 2 amide bonds. The molecule has 1 N–H and O–H groups in total. The molecule has 182 valence electrons. The molecule has 2 aliphatic heterocycles. The van der Waals surface area contributed by atoms with Crippen molar-refractivity contribution in [1.29, 1.82) is 0 Å². The number of hydrogen-bond donors (Lipinski definition) is 1. The monoisotopic (exact) mass is 471 g/mol. The predicted molar refractivity (Wildman–Crippen MR) is 135 cm³/mol. The van der Waals surface area contributed by atoms with Crippen molar-refractivity contribution in [3.8, 4) is 0 Å². The Morgan fingerprint density at radius 3 is 2.31 bits per heavy atom. The molecule has 3 aromatic rings. The summed E-state index contributed by atoms with van der Waals surface area (Å²) in [5, 5.41) is 3.01. The number of piperidine rings is 1. The van der Waals surface area contributed by atoms with Crippen LogP contribution in [0.15, 0.2) is 66.9 Å². The number of imidazole rings is 1. The fraction of sp³-hybridized carbons (Fsp3) is 0.393. The summed E-state index contributed by atoms with van der Waals surface area (Å²) in [5.74, 6) is 1.50. The van der Waals surface area contributed by atoms with Gasteiger partial charge in [-0.25, -0.2) is 4.98 Å². The molecule has 0 radical (unpaired) electrons. The number of nitrogens with zero attached hydrogens (tertiary/aromatic N) is 4. The van der Waals surface area contributed by atoms with Crippen LogP contribution >= 0.6 is 0 Å². The molecule has 35 heavy (non-hydrogen) atoms. The number of carbonyl (C=O) groups is 2. The van der Waals surface area contributed by atoms with Gasteiger partial charge in [-0.1, -0.05) is 60.7 Å². The van der Waals surface area contributed by atoms with E-state index in [1.165, 1.54) is 5.56 Å². The Balaban J connectivity index is 1.34. The van der Waals surface area contributed by atoms with Gasteiger partial charge in [-0.15, -0.1) is 0 Å². The zero-order chi connectivity index (χ0) is 24.2. The second kappa shape index (κ2) is 10.4. The van der Waals surface area contributed by atoms with E-state index in [-0.39, 0.29) is 17.9 Å². The lowest BCUT2D eigenvalue weighted by Gasteiger charge is -2.40. The first kappa shape index (κ1) is 23.3. The maximum Gasteiger partial charge on any atom is 0.271 e. The summed E-state index contributed by atoms with van der Waals surface area (Å²) in [6.07, 6.45) is 3.95. The molecule has 0 bridgehead atoms. The molecule has 1 fully saturated rings. The Kier molecular flexibility index (Phi) is 6.95. The van der Waals surface area contributed by atoms with Gasteiger partial charge in [0.05, 0.1) is 6.04 Å². The zero-order valence-corrected chi connectivity index (χ0v) is 20.3. The van der Waals surface area contributed by atoms with Crippen LogP contribution in [0.5, 0.6) is 0 Å². The van der Waals surface area contributed by atoms with E-state index in [0.29, 0.717) is 18.2 Å². The van der Waals surface area contributed by atoms with Gasteiger partial charge in [-0.2, -0.15) is 0 Å². The number of carbonyl (C=O) groups excluding carboxylic acids is 2. The summed E-state index contributed by atoms with van der Waals surface area (Å²) in [6, 6.07) is 20.4. The molecular formula is C28H33N5O2. The van der Waals surface area contributed by atoms with Gasteiger partial charge in [0.1, 0.15) is 11.5 Å². The normalized spacial score (nSPS) is 18.8. The highest BCUT2D eigenvalue weighted by Gasteiger charge is 2.34. The number of amides is 2. The van der Waals surface area contributed by atoms with Crippen LogP contribution < -0.4 is 5.32 Å². The Bertz CT molecular complexity index is 1150. The Hall–Kier alpha value is -3.45. The summed E-state index contributed by atoms with van der Waals surface area (Å²) >= 11 is 0. The van der Waals surface area contributed by atoms with Crippen molar-refractivity contribution in [3.05, 3.63) is 89.5 Å². The van der Waals surface area contributed by atoms with Crippen molar-refractivity contribution in [2.75, 3.05) is 26.2 Å². The van der Waals surface area contributed by atoms with Crippen LogP contribution in [-0.2, 0) is 17.9 Å². The van der Waals surface area contributed by atoms with E-state index >= 15 is 0 Å². The molecule has 0 spiro atoms. The molecule has 1 saturated heterocycles. The molecule has 1 atom stereocenters. The van der Waals surface area contributed by atoms with Gasteiger partial charge in [0.15, 0.2) is 0 Å². The third-order valence-corrected chi connectivity index (χ3v) is 7.24. The number of likely N-dealkylation sites (tertiary alicyclic amines) is 1. The first-order chi connectivity index (χ1) is 17.1. The molecule has 0 aliphatic carbocycles. The predicted octanol–water partition coefficient (Wildman–Crippen LogP) is 3.48. The lowest BCUT2D eigenvalue weighted by atomic mass is 9.94. The van der Waals surface area contributed by atoms with E-state index in [9.17, 15) is 9.59 Å². The fourth-order valence-corrected chi connectivity index (χ4v) is 5.29. The quantitative estimate of drug-likeness (QED) is 0.598. The van der Waals surface area contributed by atoms with Gasteiger partial charge in [0.2, 0.25) is 5.91 Å². The number of fused-ring (bicyclic) bond motifs is 1. The molecule has 3 heterocycles. The fourth-order valence-electron chi connectivity index (χ4n) is 5.29. The van der Waals surface area contributed by atoms with E-state index in [0.717, 1.165) is 57.0 Å². The number of nitrogens with one attached hydrogen (secondary N) is 1. The summed E-state index contributed by atoms with van der Waals surface area (Å²) in [5.41, 5.74) is 2.72. The average molecular weight is 472 g/mol. The van der Waals surface area contributed by atoms with Gasteiger partial charge in [0.25, 0.3) is 5.91 Å². The summed E-state index contributed by atoms with van der Waals surface area (Å²) in [7, 11) is 0. The zero-order valence-electron chi connectivity index (χ0n) is 20.3. The Morgan fingerprint density at radius 2 is 1.63 bits per heavy atom. The molecule has 7 heteroatoms. The van der Waals surface area contributed by atoms with E-state index < -0.39 is 0 Å². The van der Waals surface area contributed by atoms with Gasteiger partial charge in [-0.3, -0.25) is 14.5 Å². The summed E-state index contributed by atoms with van der Waals surface area (Å²) < 4.78 is 2.14. The van der Waals surface area contributed by atoms with Crippen LogP contribution in [-0.4, -0.2) is 57.3 Å². The van der Waals surface area contributed by atoms with E-state index in [1.807, 2.05) is 47.5 Å². The van der Waals surface area contributed by atoms with E-state index in [2.05, 4.69) is 39.0 Å². The van der Waals surface area contributed by atoms with Crippen molar-refractivity contribution in [2.24, 2.45) is 5.92 Å². The second-order valence-corrected chi connectivity index (χ2v) is 9.60. The summed E-state index contributed by atoms with van der Waals surface area (Å²) in [4.78, 5) is 34.0. The second-order valence-electron chi connectivity index (χ2n) is 9.60. The molecule has 1 aromatic heterocycles. The van der Waals surface area contributed by atoms with Crippen LogP contribution in [0.4, 0.5) is 0 Å². The third kappa shape index (κ3) is 5.30. The largest absolute Gasteiger partial charge is 0.347 e. The van der Waals surface area contributed by atoms with Gasteiger partial charge < -0.3 is 14.8 Å². The minimum atomic E-state index is -0.147. The maximum atomic E-state index is 12.9. The Morgan fingerprint density at radius 1 is 0.943 bits per heavy atom. The minimum Gasteiger partial charge on any atom is -0.347 e. The molecule has 5 rings (SSSR count). The SMILES string of the molecule is CC(=O)N1CCC(CN2CCn3cc(C(=O)NCc4ccccc4)nc3C2c2ccccc2)CC1. The number of hydrogen-bond acceptors (Lipinski definition) is 4. The molecule has 2 aromatic carbocycles. The van der Waals surface area contributed by atoms with Gasteiger partial charge >= 0.3 is 0 Å². The van der Waals surface area contributed by atoms with E-state index in [4.69, 9.17) is 4.98 Å². The average Bonchev–Trinajstić information content (AvgIpc) is 3.33. The molecule has 2 aliphatic rings. The first-order valence-electron chi connectivity index (χ1n) is 12.5. The maximum absolute atomic E-state index is 12.9. The lowest BCUT2D eigenvalue weighted by Crippen LogP contribution is -2.44. The van der Waals surface area contributed by atoms with Crippen LogP contribution in [0.1, 0.15) is 53.2 Å². The molecule has 1 unspecified atom stereocenters. The van der Waals surface area contributed by atoms with Gasteiger partial charge in [-0.05, 0) is 29.9 Å². The molecule has 0 saturated carbocycles. The van der Waals surface area contributed by atoms with Crippen LogP contribution in [0.2, 0.25) is 0 Å². The highest BCUT2D eigenvalue weighted by atomic mass is 16.2. The minimum absolute atomic E-state index is 0.00598.